The van der Waals surface area contributed by atoms with E-state index in [-0.39, 0.29) is 0 Å². The van der Waals surface area contributed by atoms with Crippen LogP contribution in [0.5, 0.6) is 0 Å². The first-order chi connectivity index (χ1) is 8.39. The molecule has 0 fully saturated rings. The molecule has 0 unspecified atom stereocenters. The molecule has 0 aliphatic carbocycles. The summed E-state index contributed by atoms with van der Waals surface area (Å²) in [7, 11) is -1.54. The highest BCUT2D eigenvalue weighted by atomic mass is 28.3. The molecule has 0 heterocycles. The van der Waals surface area contributed by atoms with Crippen molar-refractivity contribution in [3.05, 3.63) is 0 Å². The molecular weight excluding hydrogens is 236 g/mol. The summed E-state index contributed by atoms with van der Waals surface area (Å²) in [5, 5.41) is 0. The Morgan fingerprint density at radius 3 is 1.83 bits per heavy atom. The Morgan fingerprint density at radius 2 is 1.44 bits per heavy atom. The molecule has 0 aliphatic heterocycles. The van der Waals surface area contributed by atoms with Crippen LogP contribution in [-0.2, 0) is 4.74 Å². The van der Waals surface area contributed by atoms with Gasteiger partial charge < -0.3 is 4.74 Å². The van der Waals surface area contributed by atoms with Crippen LogP contribution < -0.4 is 0 Å². The molecule has 0 rings (SSSR count). The molecule has 0 radical (unpaired) electrons. The molecule has 0 spiro atoms. The Morgan fingerprint density at radius 1 is 0.944 bits per heavy atom. The van der Waals surface area contributed by atoms with E-state index in [2.05, 4.69) is 59.9 Å². The van der Waals surface area contributed by atoms with E-state index >= 15 is 0 Å². The average molecular weight is 269 g/mol. The summed E-state index contributed by atoms with van der Waals surface area (Å²) in [6.45, 7) is 17.7. The third-order valence-corrected chi connectivity index (χ3v) is 10.3. The van der Waals surface area contributed by atoms with Crippen molar-refractivity contribution in [2.24, 2.45) is 0 Å². The summed E-state index contributed by atoms with van der Waals surface area (Å²) in [4.78, 5) is 0. The second-order valence-corrected chi connectivity index (χ2v) is 11.7. The van der Waals surface area contributed by atoms with Gasteiger partial charge >= 0.3 is 0 Å². The van der Waals surface area contributed by atoms with E-state index in [1.165, 1.54) is 6.42 Å². The van der Waals surface area contributed by atoms with Crippen molar-refractivity contribution >= 4 is 8.07 Å². The fourth-order valence-electron chi connectivity index (χ4n) is 2.99. The minimum Gasteiger partial charge on any atom is -0.369 e. The SMILES string of the molecule is CCCCOCC#C[Si](C(C)C)(C(C)C)C(C)C. The number of rotatable bonds is 7. The van der Waals surface area contributed by atoms with E-state index in [1.807, 2.05) is 0 Å². The number of ether oxygens (including phenoxy) is 1. The second kappa shape index (κ2) is 8.77. The largest absolute Gasteiger partial charge is 0.369 e. The molecule has 0 amide bonds. The Balaban J connectivity index is 4.65. The van der Waals surface area contributed by atoms with Crippen LogP contribution in [0.4, 0.5) is 0 Å². The van der Waals surface area contributed by atoms with Crippen molar-refractivity contribution in [2.75, 3.05) is 13.2 Å². The van der Waals surface area contributed by atoms with Gasteiger partial charge in [0.2, 0.25) is 0 Å². The fraction of sp³-hybridized carbons (Fsp3) is 0.875. The van der Waals surface area contributed by atoms with Gasteiger partial charge in [-0.2, -0.15) is 0 Å². The maximum Gasteiger partial charge on any atom is 0.146 e. The number of hydrogen-bond acceptors (Lipinski definition) is 1. The van der Waals surface area contributed by atoms with Gasteiger partial charge in [-0.15, -0.1) is 5.54 Å². The summed E-state index contributed by atoms with van der Waals surface area (Å²) in [5.74, 6) is 3.32. The van der Waals surface area contributed by atoms with E-state index in [0.717, 1.165) is 13.0 Å². The van der Waals surface area contributed by atoms with Crippen molar-refractivity contribution in [3.8, 4) is 11.5 Å². The summed E-state index contributed by atoms with van der Waals surface area (Å²) in [6.07, 6.45) is 2.33. The van der Waals surface area contributed by atoms with Crippen molar-refractivity contribution in [1.29, 1.82) is 0 Å². The summed E-state index contributed by atoms with van der Waals surface area (Å²) < 4.78 is 5.56. The van der Waals surface area contributed by atoms with Gasteiger partial charge in [-0.3, -0.25) is 0 Å². The van der Waals surface area contributed by atoms with Gasteiger partial charge in [0.25, 0.3) is 0 Å². The second-order valence-electron chi connectivity index (χ2n) is 6.11. The van der Waals surface area contributed by atoms with E-state index in [4.69, 9.17) is 4.74 Å². The zero-order chi connectivity index (χ0) is 14.2. The topological polar surface area (TPSA) is 9.23 Å². The van der Waals surface area contributed by atoms with Gasteiger partial charge in [0.15, 0.2) is 0 Å². The third kappa shape index (κ3) is 4.78. The molecule has 18 heavy (non-hydrogen) atoms. The van der Waals surface area contributed by atoms with Gasteiger partial charge in [0.05, 0.1) is 0 Å². The minimum atomic E-state index is -1.54. The lowest BCUT2D eigenvalue weighted by Crippen LogP contribution is -2.43. The Hall–Kier alpha value is -0.263. The van der Waals surface area contributed by atoms with Gasteiger partial charge in [-0.05, 0) is 23.0 Å². The predicted octanol–water partition coefficient (Wildman–Crippen LogP) is 5.02. The molecule has 0 aromatic carbocycles. The van der Waals surface area contributed by atoms with E-state index in [0.29, 0.717) is 23.2 Å². The third-order valence-electron chi connectivity index (χ3n) is 3.99. The van der Waals surface area contributed by atoms with E-state index < -0.39 is 8.07 Å². The Labute approximate surface area is 116 Å². The predicted molar refractivity (Wildman–Crippen MR) is 84.6 cm³/mol. The van der Waals surface area contributed by atoms with Gasteiger partial charge in [-0.25, -0.2) is 0 Å². The van der Waals surface area contributed by atoms with Gasteiger partial charge in [-0.1, -0.05) is 60.8 Å². The zero-order valence-electron chi connectivity index (χ0n) is 13.5. The minimum absolute atomic E-state index is 0.612. The summed E-state index contributed by atoms with van der Waals surface area (Å²) >= 11 is 0. The van der Waals surface area contributed by atoms with E-state index in [1.54, 1.807) is 0 Å². The number of unbranched alkanes of at least 4 members (excludes halogenated alkanes) is 1. The first-order valence-corrected chi connectivity index (χ1v) is 9.70. The summed E-state index contributed by atoms with van der Waals surface area (Å²) in [5.41, 5.74) is 5.80. The molecule has 2 heteroatoms. The molecule has 0 aromatic heterocycles. The molecule has 1 nitrogen and oxygen atoms in total. The molecule has 0 saturated heterocycles. The van der Waals surface area contributed by atoms with Crippen molar-refractivity contribution in [3.63, 3.8) is 0 Å². The van der Waals surface area contributed by atoms with Crippen LogP contribution in [0.2, 0.25) is 16.6 Å². The lowest BCUT2D eigenvalue weighted by molar-refractivity contribution is 0.163. The normalized spacial score (nSPS) is 12.1. The average Bonchev–Trinajstić information content (AvgIpc) is 2.26. The maximum atomic E-state index is 5.56. The summed E-state index contributed by atoms with van der Waals surface area (Å²) in [6, 6.07) is 0. The van der Waals surface area contributed by atoms with E-state index in [9.17, 15) is 0 Å². The van der Waals surface area contributed by atoms with Crippen molar-refractivity contribution in [2.45, 2.75) is 77.9 Å². The van der Waals surface area contributed by atoms with Crippen LogP contribution in [0.3, 0.4) is 0 Å². The van der Waals surface area contributed by atoms with Gasteiger partial charge in [0, 0.05) is 6.61 Å². The molecule has 0 aromatic rings. The van der Waals surface area contributed by atoms with Crippen LogP contribution in [0.1, 0.15) is 61.3 Å². The smallest absolute Gasteiger partial charge is 0.146 e. The Bertz CT molecular complexity index is 249. The van der Waals surface area contributed by atoms with Crippen LogP contribution in [0.25, 0.3) is 0 Å². The first kappa shape index (κ1) is 17.7. The monoisotopic (exact) mass is 268 g/mol. The van der Waals surface area contributed by atoms with Crippen LogP contribution in [0.15, 0.2) is 0 Å². The molecule has 0 bridgehead atoms. The van der Waals surface area contributed by atoms with Crippen LogP contribution >= 0.6 is 0 Å². The highest BCUT2D eigenvalue weighted by Gasteiger charge is 2.41. The molecule has 0 saturated carbocycles. The molecule has 106 valence electrons. The Kier molecular flexibility index (Phi) is 8.64. The lowest BCUT2D eigenvalue weighted by Gasteiger charge is -2.38. The standard InChI is InChI=1S/C16H32OSi/c1-8-9-11-17-12-10-13-18(14(2)3,15(4)5)16(6)7/h14-16H,8-9,11-12H2,1-7H3. The maximum absolute atomic E-state index is 5.56. The van der Waals surface area contributed by atoms with Crippen molar-refractivity contribution < 1.29 is 4.74 Å². The fourth-order valence-corrected chi connectivity index (χ4v) is 8.24. The molecule has 0 atom stereocenters. The molecular formula is C16H32OSi. The highest BCUT2D eigenvalue weighted by Crippen LogP contribution is 2.40. The highest BCUT2D eigenvalue weighted by molar-refractivity contribution is 6.90. The molecule has 0 N–H and O–H groups in total. The molecule has 0 aliphatic rings. The van der Waals surface area contributed by atoms with Gasteiger partial charge in [0.1, 0.15) is 14.7 Å². The lowest BCUT2D eigenvalue weighted by atomic mass is 10.4. The zero-order valence-corrected chi connectivity index (χ0v) is 14.5. The van der Waals surface area contributed by atoms with Crippen molar-refractivity contribution in [1.82, 2.24) is 0 Å². The van der Waals surface area contributed by atoms with Crippen LogP contribution in [0, 0.1) is 11.5 Å². The number of hydrogen-bond donors (Lipinski definition) is 0. The first-order valence-electron chi connectivity index (χ1n) is 7.47. The quantitative estimate of drug-likeness (QED) is 0.358. The van der Waals surface area contributed by atoms with Crippen LogP contribution in [-0.4, -0.2) is 21.3 Å².